The highest BCUT2D eigenvalue weighted by Crippen LogP contribution is 2.40. The van der Waals surface area contributed by atoms with Gasteiger partial charge >= 0.3 is 0 Å². The number of hydrogen-bond acceptors (Lipinski definition) is 2. The van der Waals surface area contributed by atoms with Crippen LogP contribution in [0.25, 0.3) is 0 Å². The van der Waals surface area contributed by atoms with Crippen LogP contribution in [0, 0.1) is 0 Å². The molecule has 1 aromatic rings. The summed E-state index contributed by atoms with van der Waals surface area (Å²) in [7, 11) is 0. The molecule has 2 nitrogen and oxygen atoms in total. The fourth-order valence-electron chi connectivity index (χ4n) is 1.66. The summed E-state index contributed by atoms with van der Waals surface area (Å²) in [5.41, 5.74) is 0.544. The van der Waals surface area contributed by atoms with Crippen molar-refractivity contribution >= 4 is 29.0 Å². The van der Waals surface area contributed by atoms with Crippen LogP contribution in [0.3, 0.4) is 0 Å². The zero-order chi connectivity index (χ0) is 11.0. The van der Waals surface area contributed by atoms with Crippen molar-refractivity contribution in [2.75, 3.05) is 0 Å². The average Bonchev–Trinajstić information content (AvgIpc) is 2.52. The normalized spacial score (nSPS) is 18.9. The van der Waals surface area contributed by atoms with Gasteiger partial charge in [0.15, 0.2) is 11.9 Å². The van der Waals surface area contributed by atoms with Crippen LogP contribution in [0.4, 0.5) is 0 Å². The summed E-state index contributed by atoms with van der Waals surface area (Å²) in [5.74, 6) is 0.443. The molecular weight excluding hydrogens is 235 g/mol. The molecule has 1 aliphatic heterocycles. The maximum Gasteiger partial charge on any atom is 0.207 e. The second-order valence-corrected chi connectivity index (χ2v) is 4.28. The largest absolute Gasteiger partial charge is 0.480 e. The summed E-state index contributed by atoms with van der Waals surface area (Å²) in [6.07, 6.45) is 1.22. The number of benzene rings is 1. The van der Waals surface area contributed by atoms with E-state index in [1.54, 1.807) is 12.1 Å². The number of hydrogen-bond donors (Lipinski definition) is 0. The van der Waals surface area contributed by atoms with Crippen molar-refractivity contribution in [3.05, 3.63) is 27.7 Å². The van der Waals surface area contributed by atoms with E-state index in [1.807, 2.05) is 6.92 Å². The van der Waals surface area contributed by atoms with Gasteiger partial charge in [0, 0.05) is 0 Å². The highest BCUT2D eigenvalue weighted by atomic mass is 35.5. The number of rotatable bonds is 2. The molecule has 0 saturated carbocycles. The Morgan fingerprint density at radius 3 is 2.80 bits per heavy atom. The summed E-state index contributed by atoms with van der Waals surface area (Å²) < 4.78 is 5.51. The maximum absolute atomic E-state index is 11.8. The Hall–Kier alpha value is -0.730. The Balaban J connectivity index is 2.41. The maximum atomic E-state index is 11.8. The standard InChI is InChI=1S/C11H10Cl2O2/c1-2-3-8-10(14)6-4-5-7(12)9(13)11(6)15-8/h4-5,8H,2-3H2,1H3. The molecule has 2 rings (SSSR count). The molecule has 4 heteroatoms. The van der Waals surface area contributed by atoms with Crippen molar-refractivity contribution in [1.29, 1.82) is 0 Å². The molecule has 0 fully saturated rings. The Bertz CT molecular complexity index is 415. The first-order chi connectivity index (χ1) is 7.15. The Morgan fingerprint density at radius 1 is 1.40 bits per heavy atom. The van der Waals surface area contributed by atoms with E-state index in [1.165, 1.54) is 0 Å². The second kappa shape index (κ2) is 4.03. The smallest absolute Gasteiger partial charge is 0.207 e. The van der Waals surface area contributed by atoms with E-state index in [9.17, 15) is 4.79 Å². The molecular formula is C11H10Cl2O2. The lowest BCUT2D eigenvalue weighted by Crippen LogP contribution is -2.19. The van der Waals surface area contributed by atoms with Crippen LogP contribution in [0.2, 0.25) is 10.0 Å². The molecule has 1 unspecified atom stereocenters. The van der Waals surface area contributed by atoms with E-state index in [0.29, 0.717) is 27.8 Å². The van der Waals surface area contributed by atoms with Crippen molar-refractivity contribution in [3.63, 3.8) is 0 Å². The van der Waals surface area contributed by atoms with Gasteiger partial charge in [-0.15, -0.1) is 0 Å². The van der Waals surface area contributed by atoms with Crippen LogP contribution in [-0.4, -0.2) is 11.9 Å². The average molecular weight is 245 g/mol. The van der Waals surface area contributed by atoms with Gasteiger partial charge in [0.25, 0.3) is 0 Å². The molecule has 0 bridgehead atoms. The zero-order valence-electron chi connectivity index (χ0n) is 8.22. The fraction of sp³-hybridized carbons (Fsp3) is 0.364. The minimum Gasteiger partial charge on any atom is -0.480 e. The van der Waals surface area contributed by atoms with Gasteiger partial charge in [0.1, 0.15) is 5.02 Å². The van der Waals surface area contributed by atoms with Gasteiger partial charge < -0.3 is 4.74 Å². The molecule has 1 aromatic carbocycles. The third kappa shape index (κ3) is 1.72. The molecule has 0 amide bonds. The number of carbonyl (C=O) groups is 1. The minimum absolute atomic E-state index is 0.00502. The molecule has 1 heterocycles. The quantitative estimate of drug-likeness (QED) is 0.793. The SMILES string of the molecule is CCCC1Oc2c(ccc(Cl)c2Cl)C1=O. The van der Waals surface area contributed by atoms with E-state index < -0.39 is 0 Å². The van der Waals surface area contributed by atoms with Crippen LogP contribution in [-0.2, 0) is 0 Å². The minimum atomic E-state index is -0.388. The van der Waals surface area contributed by atoms with Gasteiger partial charge in [-0.25, -0.2) is 0 Å². The number of ketones is 1. The third-order valence-electron chi connectivity index (χ3n) is 2.42. The van der Waals surface area contributed by atoms with Gasteiger partial charge in [-0.1, -0.05) is 36.5 Å². The summed E-state index contributed by atoms with van der Waals surface area (Å²) in [6, 6.07) is 3.29. The molecule has 0 spiro atoms. The molecule has 15 heavy (non-hydrogen) atoms. The first kappa shape index (κ1) is 10.8. The molecule has 1 aliphatic rings. The van der Waals surface area contributed by atoms with Crippen LogP contribution >= 0.6 is 23.2 Å². The topological polar surface area (TPSA) is 26.3 Å². The van der Waals surface area contributed by atoms with E-state index >= 15 is 0 Å². The lowest BCUT2D eigenvalue weighted by atomic mass is 10.1. The van der Waals surface area contributed by atoms with E-state index in [2.05, 4.69) is 0 Å². The fourth-order valence-corrected chi connectivity index (χ4v) is 2.02. The Kier molecular flexibility index (Phi) is 2.89. The predicted molar refractivity (Wildman–Crippen MR) is 60.1 cm³/mol. The molecule has 0 N–H and O–H groups in total. The molecule has 1 atom stereocenters. The highest BCUT2D eigenvalue weighted by Gasteiger charge is 2.33. The molecule has 80 valence electrons. The van der Waals surface area contributed by atoms with Crippen molar-refractivity contribution in [2.24, 2.45) is 0 Å². The number of Topliss-reactive ketones (excluding diaryl/α,β-unsaturated/α-hetero) is 1. The summed E-state index contributed by atoms with van der Waals surface area (Å²) in [5, 5.41) is 0.751. The van der Waals surface area contributed by atoms with Crippen LogP contribution in [0.15, 0.2) is 12.1 Å². The summed E-state index contributed by atoms with van der Waals surface area (Å²) in [6.45, 7) is 2.01. The lowest BCUT2D eigenvalue weighted by Gasteiger charge is -2.07. The lowest BCUT2D eigenvalue weighted by molar-refractivity contribution is 0.0845. The molecule has 0 saturated heterocycles. The van der Waals surface area contributed by atoms with Gasteiger partial charge in [-0.2, -0.15) is 0 Å². The van der Waals surface area contributed by atoms with Gasteiger partial charge in [0.05, 0.1) is 10.6 Å². The van der Waals surface area contributed by atoms with Gasteiger partial charge in [-0.3, -0.25) is 4.79 Å². The zero-order valence-corrected chi connectivity index (χ0v) is 9.73. The molecule has 0 radical (unpaired) electrons. The first-order valence-electron chi connectivity index (χ1n) is 4.84. The van der Waals surface area contributed by atoms with Crippen LogP contribution < -0.4 is 4.74 Å². The predicted octanol–water partition coefficient (Wildman–Crippen LogP) is 3.74. The third-order valence-corrected chi connectivity index (χ3v) is 3.21. The summed E-state index contributed by atoms with van der Waals surface area (Å²) >= 11 is 11.8. The monoisotopic (exact) mass is 244 g/mol. The van der Waals surface area contributed by atoms with Gasteiger partial charge in [0.2, 0.25) is 5.78 Å². The van der Waals surface area contributed by atoms with E-state index in [0.717, 1.165) is 6.42 Å². The highest BCUT2D eigenvalue weighted by molar-refractivity contribution is 6.43. The van der Waals surface area contributed by atoms with Crippen molar-refractivity contribution < 1.29 is 9.53 Å². The number of halogens is 2. The number of fused-ring (bicyclic) bond motifs is 1. The van der Waals surface area contributed by atoms with Crippen LogP contribution in [0.1, 0.15) is 30.1 Å². The van der Waals surface area contributed by atoms with Crippen molar-refractivity contribution in [3.8, 4) is 5.75 Å². The Labute approximate surface area is 98.1 Å². The van der Waals surface area contributed by atoms with Crippen molar-refractivity contribution in [1.82, 2.24) is 0 Å². The number of ether oxygens (including phenoxy) is 1. The van der Waals surface area contributed by atoms with Gasteiger partial charge in [-0.05, 0) is 18.6 Å². The first-order valence-corrected chi connectivity index (χ1v) is 5.59. The van der Waals surface area contributed by atoms with E-state index in [4.69, 9.17) is 27.9 Å². The van der Waals surface area contributed by atoms with Crippen molar-refractivity contribution in [2.45, 2.75) is 25.9 Å². The Morgan fingerprint density at radius 2 is 2.13 bits per heavy atom. The summed E-state index contributed by atoms with van der Waals surface area (Å²) in [4.78, 5) is 11.8. The van der Waals surface area contributed by atoms with E-state index in [-0.39, 0.29) is 11.9 Å². The number of carbonyl (C=O) groups excluding carboxylic acids is 1. The molecule has 0 aromatic heterocycles. The second-order valence-electron chi connectivity index (χ2n) is 3.50. The van der Waals surface area contributed by atoms with Crippen LogP contribution in [0.5, 0.6) is 5.75 Å². The molecule has 0 aliphatic carbocycles.